The molecule has 3 atom stereocenters. The molecule has 0 N–H and O–H groups in total. The zero-order valence-corrected chi connectivity index (χ0v) is 20.9. The number of hydrogen-bond acceptors (Lipinski definition) is 5. The largest absolute Gasteiger partial charge is 0.466 e. The molecule has 34 heavy (non-hydrogen) atoms. The number of esters is 1. The van der Waals surface area contributed by atoms with Gasteiger partial charge in [-0.25, -0.2) is 8.42 Å². The molecular weight excluding hydrogens is 450 g/mol. The van der Waals surface area contributed by atoms with E-state index in [4.69, 9.17) is 9.47 Å². The van der Waals surface area contributed by atoms with Crippen LogP contribution in [0, 0.1) is 18.3 Å². The molecule has 1 aliphatic carbocycles. The number of ether oxygens (including phenoxy) is 2. The minimum absolute atomic E-state index is 0.275. The van der Waals surface area contributed by atoms with Crippen molar-refractivity contribution in [1.29, 1.82) is 0 Å². The molecule has 0 bridgehead atoms. The Bertz CT molecular complexity index is 1280. The summed E-state index contributed by atoms with van der Waals surface area (Å²) in [6.07, 6.45) is 0.532. The van der Waals surface area contributed by atoms with E-state index in [1.807, 2.05) is 44.2 Å². The Labute approximate surface area is 201 Å². The van der Waals surface area contributed by atoms with Crippen LogP contribution in [0.2, 0.25) is 0 Å². The maximum absolute atomic E-state index is 13.6. The summed E-state index contributed by atoms with van der Waals surface area (Å²) in [7, 11) is -3.67. The van der Waals surface area contributed by atoms with Crippen molar-refractivity contribution in [1.82, 2.24) is 4.31 Å². The predicted molar refractivity (Wildman–Crippen MR) is 130 cm³/mol. The molecule has 2 heterocycles. The highest BCUT2D eigenvalue weighted by molar-refractivity contribution is 7.89. The number of fused-ring (bicyclic) bond motifs is 4. The molecule has 0 saturated carbocycles. The van der Waals surface area contributed by atoms with E-state index < -0.39 is 27.0 Å². The van der Waals surface area contributed by atoms with E-state index in [-0.39, 0.29) is 12.5 Å². The monoisotopic (exact) mass is 481 g/mol. The van der Waals surface area contributed by atoms with Crippen molar-refractivity contribution in [3.05, 3.63) is 70.8 Å². The van der Waals surface area contributed by atoms with Gasteiger partial charge < -0.3 is 9.47 Å². The van der Waals surface area contributed by atoms with Crippen molar-refractivity contribution in [2.24, 2.45) is 11.3 Å². The number of carbonyl (C=O) groups excluding carboxylic acids is 1. The lowest BCUT2D eigenvalue weighted by Crippen LogP contribution is -2.53. The van der Waals surface area contributed by atoms with E-state index in [1.54, 1.807) is 23.4 Å². The second kappa shape index (κ2) is 8.04. The zero-order chi connectivity index (χ0) is 24.3. The average Bonchev–Trinajstić information content (AvgIpc) is 3.17. The molecule has 5 rings (SSSR count). The Kier molecular flexibility index (Phi) is 5.50. The summed E-state index contributed by atoms with van der Waals surface area (Å²) in [6, 6.07) is 15.0. The molecule has 7 heteroatoms. The molecule has 0 radical (unpaired) electrons. The molecule has 180 valence electrons. The van der Waals surface area contributed by atoms with Crippen LogP contribution in [-0.2, 0) is 30.7 Å². The lowest BCUT2D eigenvalue weighted by Gasteiger charge is -2.49. The van der Waals surface area contributed by atoms with Gasteiger partial charge in [0.1, 0.15) is 5.60 Å². The fourth-order valence-corrected chi connectivity index (χ4v) is 7.28. The maximum atomic E-state index is 13.6. The van der Waals surface area contributed by atoms with Gasteiger partial charge in [0.05, 0.1) is 24.0 Å². The van der Waals surface area contributed by atoms with Gasteiger partial charge in [0.15, 0.2) is 0 Å². The number of carbonyl (C=O) groups is 1. The molecule has 3 unspecified atom stereocenters. The first-order chi connectivity index (χ1) is 16.1. The minimum atomic E-state index is -3.67. The minimum Gasteiger partial charge on any atom is -0.466 e. The van der Waals surface area contributed by atoms with E-state index >= 15 is 0 Å². The average molecular weight is 482 g/mol. The van der Waals surface area contributed by atoms with Crippen LogP contribution in [0.1, 0.15) is 37.5 Å². The van der Waals surface area contributed by atoms with Gasteiger partial charge in [-0.05, 0) is 61.6 Å². The number of hydrogen-bond donors (Lipinski definition) is 0. The van der Waals surface area contributed by atoms with Crippen molar-refractivity contribution in [3.8, 4) is 0 Å². The lowest BCUT2D eigenvalue weighted by atomic mass is 9.64. The summed E-state index contributed by atoms with van der Waals surface area (Å²) in [4.78, 5) is 13.3. The molecule has 2 aliphatic heterocycles. The topological polar surface area (TPSA) is 72.9 Å². The maximum Gasteiger partial charge on any atom is 0.312 e. The van der Waals surface area contributed by atoms with Gasteiger partial charge in [-0.2, -0.15) is 4.31 Å². The highest BCUT2D eigenvalue weighted by Crippen LogP contribution is 2.55. The second-order valence-corrected chi connectivity index (χ2v) is 12.0. The summed E-state index contributed by atoms with van der Waals surface area (Å²) in [6.45, 7) is 9.04. The highest BCUT2D eigenvalue weighted by atomic mass is 32.2. The first-order valence-corrected chi connectivity index (χ1v) is 13.2. The SMILES string of the molecule is CCOC(=O)C1Cc2ccccc2C2=C3CN(S(=O)(=O)c4ccc(C)cc4)CC3(C)COC21C. The van der Waals surface area contributed by atoms with Gasteiger partial charge in [-0.1, -0.05) is 48.9 Å². The molecule has 1 fully saturated rings. The number of rotatable bonds is 4. The lowest BCUT2D eigenvalue weighted by molar-refractivity contribution is -0.160. The quantitative estimate of drug-likeness (QED) is 0.618. The van der Waals surface area contributed by atoms with Gasteiger partial charge in [-0.15, -0.1) is 0 Å². The Morgan fingerprint density at radius 1 is 1.15 bits per heavy atom. The first kappa shape index (κ1) is 23.3. The second-order valence-electron chi connectivity index (χ2n) is 10.1. The van der Waals surface area contributed by atoms with Crippen molar-refractivity contribution < 1.29 is 22.7 Å². The standard InChI is InChI=1S/C27H31NO5S/c1-5-32-25(29)22-14-19-8-6-7-9-21(19)24-23-15-28(16-26(23,3)17-33-27(22,24)4)34(30,31)20-12-10-18(2)11-13-20/h6-13,22H,5,14-17H2,1-4H3. The third kappa shape index (κ3) is 3.44. The van der Waals surface area contributed by atoms with Crippen LogP contribution in [0.15, 0.2) is 59.0 Å². The fourth-order valence-electron chi connectivity index (χ4n) is 5.74. The van der Waals surface area contributed by atoms with Gasteiger partial charge >= 0.3 is 5.97 Å². The highest BCUT2D eigenvalue weighted by Gasteiger charge is 2.57. The van der Waals surface area contributed by atoms with Crippen molar-refractivity contribution in [2.75, 3.05) is 26.3 Å². The molecule has 2 aromatic rings. The predicted octanol–water partition coefficient (Wildman–Crippen LogP) is 3.98. The van der Waals surface area contributed by atoms with E-state index in [2.05, 4.69) is 13.0 Å². The van der Waals surface area contributed by atoms with Crippen LogP contribution >= 0.6 is 0 Å². The summed E-state index contributed by atoms with van der Waals surface area (Å²) in [5.74, 6) is -0.763. The molecular formula is C27H31NO5S. The molecule has 3 aliphatic rings. The first-order valence-electron chi connectivity index (χ1n) is 11.8. The molecule has 0 amide bonds. The van der Waals surface area contributed by atoms with Crippen molar-refractivity contribution >= 4 is 21.6 Å². The summed E-state index contributed by atoms with van der Waals surface area (Å²) >= 11 is 0. The normalized spacial score (nSPS) is 28.8. The fraction of sp³-hybridized carbons (Fsp3) is 0.444. The number of nitrogens with zero attached hydrogens (tertiary/aromatic N) is 1. The van der Waals surface area contributed by atoms with Gasteiger partial charge in [-0.3, -0.25) is 4.79 Å². The Morgan fingerprint density at radius 2 is 1.85 bits per heavy atom. The molecule has 1 saturated heterocycles. The molecule has 2 aromatic carbocycles. The third-order valence-corrected chi connectivity index (χ3v) is 9.49. The Hall–Kier alpha value is -2.48. The number of sulfonamides is 1. The Morgan fingerprint density at radius 3 is 2.56 bits per heavy atom. The Balaban J connectivity index is 1.65. The summed E-state index contributed by atoms with van der Waals surface area (Å²) in [5.41, 5.74) is 3.75. The smallest absolute Gasteiger partial charge is 0.312 e. The van der Waals surface area contributed by atoms with E-state index in [0.717, 1.165) is 27.8 Å². The van der Waals surface area contributed by atoms with E-state index in [9.17, 15) is 13.2 Å². The van der Waals surface area contributed by atoms with Crippen LogP contribution in [0.5, 0.6) is 0 Å². The zero-order valence-electron chi connectivity index (χ0n) is 20.1. The number of benzene rings is 2. The van der Waals surface area contributed by atoms with E-state index in [0.29, 0.717) is 31.1 Å². The molecule has 0 spiro atoms. The number of aryl methyl sites for hydroxylation is 1. The van der Waals surface area contributed by atoms with E-state index in [1.165, 1.54) is 0 Å². The summed E-state index contributed by atoms with van der Waals surface area (Å²) < 4.78 is 40.7. The van der Waals surface area contributed by atoms with Gasteiger partial charge in [0.25, 0.3) is 0 Å². The van der Waals surface area contributed by atoms with Crippen molar-refractivity contribution in [3.63, 3.8) is 0 Å². The van der Waals surface area contributed by atoms with Crippen LogP contribution in [0.4, 0.5) is 0 Å². The summed E-state index contributed by atoms with van der Waals surface area (Å²) in [5, 5.41) is 0. The van der Waals surface area contributed by atoms with Crippen molar-refractivity contribution in [2.45, 2.75) is 44.6 Å². The molecule has 6 nitrogen and oxygen atoms in total. The van der Waals surface area contributed by atoms with Gasteiger partial charge in [0.2, 0.25) is 10.0 Å². The van der Waals surface area contributed by atoms with Crippen LogP contribution < -0.4 is 0 Å². The van der Waals surface area contributed by atoms with Gasteiger partial charge in [0, 0.05) is 18.5 Å². The van der Waals surface area contributed by atoms with Crippen LogP contribution in [-0.4, -0.2) is 50.6 Å². The van der Waals surface area contributed by atoms with Crippen LogP contribution in [0.3, 0.4) is 0 Å². The van der Waals surface area contributed by atoms with Crippen LogP contribution in [0.25, 0.3) is 5.57 Å². The third-order valence-electron chi connectivity index (χ3n) is 7.68. The molecule has 0 aromatic heterocycles.